The summed E-state index contributed by atoms with van der Waals surface area (Å²) in [6, 6.07) is 7.88. The molecule has 0 spiro atoms. The maximum Gasteiger partial charge on any atom is 0.240 e. The Labute approximate surface area is 120 Å². The summed E-state index contributed by atoms with van der Waals surface area (Å²) in [6.45, 7) is 5.78. The van der Waals surface area contributed by atoms with Gasteiger partial charge < -0.3 is 15.8 Å². The number of hydrogen-bond donors (Lipinski definition) is 2. The SMILES string of the molecule is COc1cccc(C(CN)N2CCNC(=O)C2(C)C)c1. The molecule has 5 nitrogen and oxygen atoms in total. The van der Waals surface area contributed by atoms with Crippen molar-refractivity contribution >= 4 is 5.91 Å². The summed E-state index contributed by atoms with van der Waals surface area (Å²) in [5, 5.41) is 2.91. The fraction of sp³-hybridized carbons (Fsp3) is 0.533. The van der Waals surface area contributed by atoms with Crippen molar-refractivity contribution in [2.24, 2.45) is 5.73 Å². The lowest BCUT2D eigenvalue weighted by Gasteiger charge is -2.45. The van der Waals surface area contributed by atoms with Crippen molar-refractivity contribution in [1.82, 2.24) is 10.2 Å². The number of nitrogens with two attached hydrogens (primary N) is 1. The molecule has 0 aromatic heterocycles. The topological polar surface area (TPSA) is 67.6 Å². The summed E-state index contributed by atoms with van der Waals surface area (Å²) < 4.78 is 5.27. The normalized spacial score (nSPS) is 20.3. The van der Waals surface area contributed by atoms with E-state index in [9.17, 15) is 4.79 Å². The van der Waals surface area contributed by atoms with Gasteiger partial charge in [-0.2, -0.15) is 0 Å². The molecular weight excluding hydrogens is 254 g/mol. The molecule has 3 N–H and O–H groups in total. The molecule has 1 aromatic carbocycles. The van der Waals surface area contributed by atoms with E-state index in [1.54, 1.807) is 7.11 Å². The molecule has 1 amide bonds. The second-order valence-electron chi connectivity index (χ2n) is 5.54. The fourth-order valence-electron chi connectivity index (χ4n) is 2.75. The molecule has 110 valence electrons. The molecule has 1 atom stereocenters. The Bertz CT molecular complexity index is 488. The van der Waals surface area contributed by atoms with E-state index in [-0.39, 0.29) is 11.9 Å². The molecule has 1 aliphatic heterocycles. The van der Waals surface area contributed by atoms with E-state index in [4.69, 9.17) is 10.5 Å². The van der Waals surface area contributed by atoms with E-state index < -0.39 is 5.54 Å². The summed E-state index contributed by atoms with van der Waals surface area (Å²) in [6.07, 6.45) is 0. The van der Waals surface area contributed by atoms with Crippen LogP contribution in [0, 0.1) is 0 Å². The Morgan fingerprint density at radius 3 is 2.90 bits per heavy atom. The van der Waals surface area contributed by atoms with Crippen LogP contribution in [-0.4, -0.2) is 43.1 Å². The van der Waals surface area contributed by atoms with Gasteiger partial charge in [0.05, 0.1) is 12.6 Å². The van der Waals surface area contributed by atoms with E-state index in [1.165, 1.54) is 0 Å². The second-order valence-corrected chi connectivity index (χ2v) is 5.54. The van der Waals surface area contributed by atoms with Gasteiger partial charge in [-0.3, -0.25) is 9.69 Å². The quantitative estimate of drug-likeness (QED) is 0.858. The number of nitrogens with one attached hydrogen (secondary N) is 1. The average Bonchev–Trinajstić information content (AvgIpc) is 2.45. The van der Waals surface area contributed by atoms with Crippen LogP contribution in [0.3, 0.4) is 0 Å². The lowest BCUT2D eigenvalue weighted by atomic mass is 9.93. The van der Waals surface area contributed by atoms with Crippen molar-refractivity contribution in [1.29, 1.82) is 0 Å². The number of piperazine rings is 1. The van der Waals surface area contributed by atoms with Gasteiger partial charge in [-0.05, 0) is 31.5 Å². The molecule has 0 bridgehead atoms. The van der Waals surface area contributed by atoms with Gasteiger partial charge in [0.25, 0.3) is 0 Å². The zero-order valence-corrected chi connectivity index (χ0v) is 12.3. The minimum absolute atomic E-state index is 0.00569. The Balaban J connectivity index is 2.33. The third-order valence-electron chi connectivity index (χ3n) is 3.99. The molecule has 1 aromatic rings. The van der Waals surface area contributed by atoms with E-state index >= 15 is 0 Å². The number of methoxy groups -OCH3 is 1. The lowest BCUT2D eigenvalue weighted by Crippen LogP contribution is -2.63. The molecule has 1 unspecified atom stereocenters. The number of carbonyl (C=O) groups excluding carboxylic acids is 1. The third-order valence-corrected chi connectivity index (χ3v) is 3.99. The zero-order chi connectivity index (χ0) is 14.8. The van der Waals surface area contributed by atoms with Crippen LogP contribution in [0.1, 0.15) is 25.5 Å². The molecule has 2 rings (SSSR count). The van der Waals surface area contributed by atoms with Crippen molar-refractivity contribution in [3.05, 3.63) is 29.8 Å². The maximum absolute atomic E-state index is 12.1. The van der Waals surface area contributed by atoms with Crippen LogP contribution in [0.5, 0.6) is 5.75 Å². The number of rotatable bonds is 4. The molecule has 0 radical (unpaired) electrons. The highest BCUT2D eigenvalue weighted by atomic mass is 16.5. The van der Waals surface area contributed by atoms with Gasteiger partial charge in [-0.1, -0.05) is 12.1 Å². The summed E-state index contributed by atoms with van der Waals surface area (Å²) in [7, 11) is 1.65. The van der Waals surface area contributed by atoms with Crippen molar-refractivity contribution in [2.75, 3.05) is 26.7 Å². The minimum atomic E-state index is -0.564. The zero-order valence-electron chi connectivity index (χ0n) is 12.3. The average molecular weight is 277 g/mol. The highest BCUT2D eigenvalue weighted by Gasteiger charge is 2.41. The van der Waals surface area contributed by atoms with Crippen molar-refractivity contribution in [2.45, 2.75) is 25.4 Å². The maximum atomic E-state index is 12.1. The first-order valence-corrected chi connectivity index (χ1v) is 6.89. The predicted octanol–water partition coefficient (Wildman–Crippen LogP) is 0.905. The molecule has 0 aliphatic carbocycles. The van der Waals surface area contributed by atoms with Crippen LogP contribution in [0.2, 0.25) is 0 Å². The molecule has 5 heteroatoms. The van der Waals surface area contributed by atoms with Gasteiger partial charge in [0, 0.05) is 25.7 Å². The van der Waals surface area contributed by atoms with Crippen LogP contribution < -0.4 is 15.8 Å². The van der Waals surface area contributed by atoms with Crippen molar-refractivity contribution in [3.8, 4) is 5.75 Å². The standard InChI is InChI=1S/C15H23N3O2/c1-15(2)14(19)17-7-8-18(15)13(10-16)11-5-4-6-12(9-11)20-3/h4-6,9,13H,7-8,10,16H2,1-3H3,(H,17,19). The number of ether oxygens (including phenoxy) is 1. The van der Waals surface area contributed by atoms with E-state index in [0.29, 0.717) is 13.1 Å². The van der Waals surface area contributed by atoms with E-state index in [0.717, 1.165) is 17.9 Å². The second kappa shape index (κ2) is 5.81. The lowest BCUT2D eigenvalue weighted by molar-refractivity contribution is -0.137. The highest BCUT2D eigenvalue weighted by Crippen LogP contribution is 2.30. The molecule has 1 saturated heterocycles. The van der Waals surface area contributed by atoms with Gasteiger partial charge in [0.15, 0.2) is 0 Å². The van der Waals surface area contributed by atoms with Crippen LogP contribution in [-0.2, 0) is 4.79 Å². The number of hydrogen-bond acceptors (Lipinski definition) is 4. The Morgan fingerprint density at radius 2 is 2.25 bits per heavy atom. The summed E-state index contributed by atoms with van der Waals surface area (Å²) in [5.41, 5.74) is 6.49. The Hall–Kier alpha value is -1.59. The molecule has 20 heavy (non-hydrogen) atoms. The smallest absolute Gasteiger partial charge is 0.240 e. The van der Waals surface area contributed by atoms with Gasteiger partial charge in [0.2, 0.25) is 5.91 Å². The Morgan fingerprint density at radius 1 is 1.50 bits per heavy atom. The first-order chi connectivity index (χ1) is 9.50. The van der Waals surface area contributed by atoms with Crippen molar-refractivity contribution < 1.29 is 9.53 Å². The predicted molar refractivity (Wildman–Crippen MR) is 78.6 cm³/mol. The first-order valence-electron chi connectivity index (χ1n) is 6.89. The highest BCUT2D eigenvalue weighted by molar-refractivity contribution is 5.86. The summed E-state index contributed by atoms with van der Waals surface area (Å²) >= 11 is 0. The van der Waals surface area contributed by atoms with Crippen LogP contribution >= 0.6 is 0 Å². The third kappa shape index (κ3) is 2.64. The number of benzene rings is 1. The molecule has 1 heterocycles. The number of nitrogens with zero attached hydrogens (tertiary/aromatic N) is 1. The van der Waals surface area contributed by atoms with Gasteiger partial charge in [-0.15, -0.1) is 0 Å². The minimum Gasteiger partial charge on any atom is -0.497 e. The number of carbonyl (C=O) groups is 1. The summed E-state index contributed by atoms with van der Waals surface area (Å²) in [4.78, 5) is 14.3. The first kappa shape index (κ1) is 14.8. The van der Waals surface area contributed by atoms with Crippen molar-refractivity contribution in [3.63, 3.8) is 0 Å². The largest absolute Gasteiger partial charge is 0.497 e. The summed E-state index contributed by atoms with van der Waals surface area (Å²) in [5.74, 6) is 0.852. The Kier molecular flexibility index (Phi) is 4.30. The van der Waals surface area contributed by atoms with Crippen LogP contribution in [0.4, 0.5) is 0 Å². The molecule has 0 saturated carbocycles. The van der Waals surface area contributed by atoms with Gasteiger partial charge >= 0.3 is 0 Å². The number of amides is 1. The fourth-order valence-corrected chi connectivity index (χ4v) is 2.75. The van der Waals surface area contributed by atoms with Crippen LogP contribution in [0.25, 0.3) is 0 Å². The molecular formula is C15H23N3O2. The monoisotopic (exact) mass is 277 g/mol. The van der Waals surface area contributed by atoms with Crippen LogP contribution in [0.15, 0.2) is 24.3 Å². The van der Waals surface area contributed by atoms with E-state index in [1.807, 2.05) is 38.1 Å². The molecule has 1 aliphatic rings. The van der Waals surface area contributed by atoms with Gasteiger partial charge in [-0.25, -0.2) is 0 Å². The van der Waals surface area contributed by atoms with Gasteiger partial charge in [0.1, 0.15) is 5.75 Å². The molecule has 1 fully saturated rings. The van der Waals surface area contributed by atoms with E-state index in [2.05, 4.69) is 10.2 Å².